The number of nitrogens with one attached hydrogen (secondary N) is 1. The van der Waals surface area contributed by atoms with E-state index in [9.17, 15) is 35.2 Å². The summed E-state index contributed by atoms with van der Waals surface area (Å²) < 4.78 is 37.7. The molecule has 3 N–H and O–H groups in total. The molecule has 2 heterocycles. The van der Waals surface area contributed by atoms with Gasteiger partial charge < -0.3 is 48.8 Å². The second-order valence-electron chi connectivity index (χ2n) is 17.8. The van der Waals surface area contributed by atoms with E-state index >= 15 is 4.79 Å². The Morgan fingerprint density at radius 2 is 1.53 bits per heavy atom. The highest BCUT2D eigenvalue weighted by Crippen LogP contribution is 2.62. The van der Waals surface area contributed by atoms with Crippen molar-refractivity contribution in [3.8, 4) is 28.7 Å². The summed E-state index contributed by atoms with van der Waals surface area (Å²) in [6.45, 7) is 5.86. The predicted octanol–water partition coefficient (Wildman–Crippen LogP) is 8.88. The molecule has 0 bridgehead atoms. The largest absolute Gasteiger partial charge is 0.459 e. The lowest BCUT2D eigenvalue weighted by molar-refractivity contribution is -0.385. The Morgan fingerprint density at radius 3 is 2.22 bits per heavy atom. The molecule has 4 aromatic rings. The topological polar surface area (TPSA) is 253 Å². The van der Waals surface area contributed by atoms with Crippen LogP contribution in [0.4, 0.5) is 21.0 Å². The third-order valence-corrected chi connectivity index (χ3v) is 13.4. The molecule has 6 atom stereocenters. The van der Waals surface area contributed by atoms with Gasteiger partial charge in [0.05, 0.1) is 28.1 Å². The summed E-state index contributed by atoms with van der Waals surface area (Å²) in [5.41, 5.74) is 2.78. The number of carbonyl (C=O) groups excluding carboxylic acids is 2. The maximum absolute atomic E-state index is 15.2. The zero-order valence-corrected chi connectivity index (χ0v) is 39.7. The Bertz CT molecular complexity index is 2680. The molecule has 380 valence electrons. The molecule has 0 radical (unpaired) electrons. The molecule has 0 unspecified atom stereocenters. The summed E-state index contributed by atoms with van der Waals surface area (Å²) in [6, 6.07) is 20.4. The van der Waals surface area contributed by atoms with Crippen LogP contribution in [0.5, 0.6) is 28.7 Å². The lowest BCUT2D eigenvalue weighted by Crippen LogP contribution is -2.70. The van der Waals surface area contributed by atoms with E-state index in [1.807, 2.05) is 0 Å². The van der Waals surface area contributed by atoms with Crippen LogP contribution in [-0.4, -0.2) is 87.8 Å². The van der Waals surface area contributed by atoms with Gasteiger partial charge in [0.2, 0.25) is 12.6 Å². The first kappa shape index (κ1) is 50.8. The maximum atomic E-state index is 15.2. The van der Waals surface area contributed by atoms with Crippen LogP contribution < -0.4 is 29.0 Å². The fourth-order valence-electron chi connectivity index (χ4n) is 10.2. The molecule has 1 fully saturated rings. The number of unbranched alkanes of at least 4 members (excludes halogenated alkanes) is 2. The molecular formula is C52H57N5O15. The molecule has 2 aliphatic heterocycles. The van der Waals surface area contributed by atoms with Gasteiger partial charge in [0.15, 0.2) is 11.5 Å². The molecule has 8 rings (SSSR count). The number of oxime groups is 1. The van der Waals surface area contributed by atoms with Gasteiger partial charge in [-0.2, -0.15) is 0 Å². The number of nitro benzene ring substituents is 2. The number of nitrogens with zero attached hydrogens (tertiary/aromatic N) is 4. The van der Waals surface area contributed by atoms with Gasteiger partial charge >= 0.3 is 12.2 Å². The molecule has 20 nitrogen and oxygen atoms in total. The Hall–Kier alpha value is -7.55. The highest BCUT2D eigenvalue weighted by molar-refractivity contribution is 6.03. The SMILES string of the molecule is C=CCO[C@@]12Oc3ccc(OC(=O)NCC)cc3[C@H]3[C@H](CCCCO)[C@@H](CCCCO)C=C(C(=NOCc4ccc([N+](=O)[O-])cc4)C[C@@H]1N(Cc1ccc4c(c1)OCO4)C(=O)Oc1ccc([N+](=O)[O-])cc1)[C@H]32. The second-order valence-corrected chi connectivity index (χ2v) is 17.8. The van der Waals surface area contributed by atoms with Crippen LogP contribution >= 0.6 is 0 Å². The van der Waals surface area contributed by atoms with Crippen molar-refractivity contribution in [2.45, 2.75) is 82.8 Å². The Morgan fingerprint density at radius 1 is 0.861 bits per heavy atom. The number of non-ortho nitro benzene ring substituents is 2. The molecule has 4 aliphatic rings. The van der Waals surface area contributed by atoms with Crippen molar-refractivity contribution >= 4 is 29.3 Å². The molecule has 1 saturated carbocycles. The van der Waals surface area contributed by atoms with Crippen molar-refractivity contribution < 1.29 is 62.9 Å². The first-order valence-electron chi connectivity index (χ1n) is 24.0. The Kier molecular flexibility index (Phi) is 16.3. The van der Waals surface area contributed by atoms with Crippen LogP contribution in [0.1, 0.15) is 74.5 Å². The standard InChI is InChI=1S/C52H57N5O15/c1-3-25-68-52-47(55(30-34-13-21-45-46(26-34)67-32-66-45)51(61)71-38-18-16-37(17-19-38)57(64)65)29-43(54-69-31-33-11-14-36(15-12-33)56(62)63)41-27-35(9-5-7-23-58)40(10-6-8-24-59)48(49(41)52)42-28-39(20-22-44(42)72-52)70-50(60)53-4-2/h3,11-22,26-28,35,40,47-49,58-59H,1,4-10,23-25,29-32H2,2H3,(H,53,60)/t35-,40+,47-,48+,49+,52+/m0/s1. The van der Waals surface area contributed by atoms with Gasteiger partial charge in [0.1, 0.15) is 29.9 Å². The van der Waals surface area contributed by atoms with Gasteiger partial charge in [-0.3, -0.25) is 25.1 Å². The summed E-state index contributed by atoms with van der Waals surface area (Å²) in [6.07, 6.45) is 5.91. The number of hydrogen-bond donors (Lipinski definition) is 3. The number of fused-ring (bicyclic) bond motifs is 3. The van der Waals surface area contributed by atoms with Crippen molar-refractivity contribution in [2.24, 2.45) is 22.9 Å². The first-order valence-corrected chi connectivity index (χ1v) is 24.0. The van der Waals surface area contributed by atoms with Gasteiger partial charge in [-0.1, -0.05) is 36.2 Å². The number of hydrogen-bond acceptors (Lipinski definition) is 16. The van der Waals surface area contributed by atoms with Crippen molar-refractivity contribution in [3.63, 3.8) is 0 Å². The van der Waals surface area contributed by atoms with E-state index in [0.717, 1.165) is 0 Å². The van der Waals surface area contributed by atoms with Crippen LogP contribution in [0, 0.1) is 38.0 Å². The number of allylic oxidation sites excluding steroid dienone is 1. The number of benzene rings is 4. The number of aliphatic hydroxyl groups excluding tert-OH is 2. The lowest BCUT2D eigenvalue weighted by atomic mass is 9.55. The normalized spacial score (nSPS) is 21.8. The van der Waals surface area contributed by atoms with E-state index in [1.54, 1.807) is 61.5 Å². The zero-order chi connectivity index (χ0) is 50.8. The van der Waals surface area contributed by atoms with Gasteiger partial charge in [-0.05, 0) is 116 Å². The molecule has 20 heteroatoms. The lowest BCUT2D eigenvalue weighted by Gasteiger charge is -2.59. The van der Waals surface area contributed by atoms with Gasteiger partial charge in [-0.25, -0.2) is 9.59 Å². The van der Waals surface area contributed by atoms with E-state index in [-0.39, 0.29) is 80.9 Å². The van der Waals surface area contributed by atoms with Gasteiger partial charge in [-0.15, -0.1) is 6.58 Å². The fourth-order valence-corrected chi connectivity index (χ4v) is 10.2. The molecule has 2 amide bonds. The second kappa shape index (κ2) is 23.1. The molecule has 0 aromatic heterocycles. The summed E-state index contributed by atoms with van der Waals surface area (Å²) in [5, 5.41) is 50.6. The monoisotopic (exact) mass is 991 g/mol. The fraction of sp³-hybridized carbons (Fsp3) is 0.404. The van der Waals surface area contributed by atoms with Crippen molar-refractivity contribution in [3.05, 3.63) is 146 Å². The van der Waals surface area contributed by atoms with Crippen LogP contribution in [0.15, 0.2) is 114 Å². The number of amides is 2. The number of aliphatic hydroxyl groups is 2. The van der Waals surface area contributed by atoms with Crippen LogP contribution in [0.2, 0.25) is 0 Å². The van der Waals surface area contributed by atoms with Crippen LogP contribution in [-0.2, 0) is 22.7 Å². The minimum absolute atomic E-state index is 0.000272. The minimum Gasteiger partial charge on any atom is -0.459 e. The maximum Gasteiger partial charge on any atom is 0.416 e. The van der Waals surface area contributed by atoms with E-state index < -0.39 is 45.7 Å². The molecular weight excluding hydrogens is 935 g/mol. The van der Waals surface area contributed by atoms with Crippen LogP contribution in [0.25, 0.3) is 0 Å². The van der Waals surface area contributed by atoms with E-state index in [2.05, 4.69) is 18.0 Å². The molecule has 0 saturated heterocycles. The molecule has 4 aromatic carbocycles. The molecule has 0 spiro atoms. The van der Waals surface area contributed by atoms with E-state index in [4.69, 9.17) is 38.4 Å². The summed E-state index contributed by atoms with van der Waals surface area (Å²) in [5.74, 6) is -1.64. The van der Waals surface area contributed by atoms with Gasteiger partial charge in [0.25, 0.3) is 11.4 Å². The van der Waals surface area contributed by atoms with Crippen molar-refractivity contribution in [1.29, 1.82) is 0 Å². The summed E-state index contributed by atoms with van der Waals surface area (Å²) in [4.78, 5) is 57.8. The van der Waals surface area contributed by atoms with E-state index in [0.29, 0.717) is 90.3 Å². The van der Waals surface area contributed by atoms with E-state index in [1.165, 1.54) is 41.3 Å². The summed E-state index contributed by atoms with van der Waals surface area (Å²) >= 11 is 0. The number of ether oxygens (including phenoxy) is 6. The average molecular weight is 992 g/mol. The predicted molar refractivity (Wildman–Crippen MR) is 260 cm³/mol. The highest BCUT2D eigenvalue weighted by atomic mass is 16.7. The average Bonchev–Trinajstić information content (AvgIpc) is 3.85. The third-order valence-electron chi connectivity index (χ3n) is 13.4. The highest BCUT2D eigenvalue weighted by Gasteiger charge is 2.66. The molecule has 2 aliphatic carbocycles. The third kappa shape index (κ3) is 11.1. The quantitative estimate of drug-likeness (QED) is 0.0288. The van der Waals surface area contributed by atoms with Crippen LogP contribution in [0.3, 0.4) is 0 Å². The van der Waals surface area contributed by atoms with Gasteiger partial charge in [0, 0.05) is 68.5 Å². The Labute approximate surface area is 415 Å². The number of carbonyl (C=O) groups is 2. The minimum atomic E-state index is -1.74. The molecule has 72 heavy (non-hydrogen) atoms. The smallest absolute Gasteiger partial charge is 0.416 e. The number of nitro groups is 2. The van der Waals surface area contributed by atoms with Crippen molar-refractivity contribution in [2.75, 3.05) is 33.2 Å². The first-order chi connectivity index (χ1) is 35.0. The van der Waals surface area contributed by atoms with Crippen molar-refractivity contribution in [1.82, 2.24) is 10.2 Å². The zero-order valence-electron chi connectivity index (χ0n) is 39.7. The number of rotatable bonds is 22. The summed E-state index contributed by atoms with van der Waals surface area (Å²) in [7, 11) is 0. The Balaban J connectivity index is 1.34.